The largest absolute Gasteiger partial charge is 0.416 e. The normalized spacial score (nSPS) is 15.1. The van der Waals surface area contributed by atoms with E-state index in [1.165, 1.54) is 18.0 Å². The topological polar surface area (TPSA) is 26.8 Å². The van der Waals surface area contributed by atoms with E-state index in [4.69, 9.17) is 0 Å². The lowest BCUT2D eigenvalue weighted by Crippen LogP contribution is -2.52. The third-order valence-corrected chi connectivity index (χ3v) is 5.45. The zero-order valence-electron chi connectivity index (χ0n) is 17.9. The number of alkyl halides is 6. The molecule has 0 radical (unpaired) electrons. The third-order valence-electron chi connectivity index (χ3n) is 5.45. The highest BCUT2D eigenvalue weighted by atomic mass is 19.4. The number of rotatable bonds is 3. The van der Waals surface area contributed by atoms with Crippen LogP contribution in [0.4, 0.5) is 41.2 Å². The number of nitrogens with zero attached hydrogens (tertiary/aromatic N) is 3. The van der Waals surface area contributed by atoms with Gasteiger partial charge in [-0.3, -0.25) is 0 Å². The van der Waals surface area contributed by atoms with Crippen molar-refractivity contribution >= 4 is 11.7 Å². The molecule has 1 heterocycles. The zero-order chi connectivity index (χ0) is 24.6. The van der Waals surface area contributed by atoms with Crippen LogP contribution in [-0.4, -0.2) is 49.1 Å². The summed E-state index contributed by atoms with van der Waals surface area (Å²) in [4.78, 5) is 17.3. The van der Waals surface area contributed by atoms with Crippen LogP contribution in [-0.2, 0) is 18.9 Å². The van der Waals surface area contributed by atoms with Crippen molar-refractivity contribution in [1.82, 2.24) is 9.80 Å². The van der Waals surface area contributed by atoms with Crippen LogP contribution >= 0.6 is 0 Å². The van der Waals surface area contributed by atoms with E-state index >= 15 is 0 Å². The highest BCUT2D eigenvalue weighted by molar-refractivity contribution is 5.74. The van der Waals surface area contributed by atoms with Crippen LogP contribution < -0.4 is 4.90 Å². The third kappa shape index (κ3) is 5.88. The first-order valence-electron chi connectivity index (χ1n) is 10.0. The van der Waals surface area contributed by atoms with E-state index in [0.29, 0.717) is 43.9 Å². The van der Waals surface area contributed by atoms with Crippen molar-refractivity contribution in [3.8, 4) is 0 Å². The lowest BCUT2D eigenvalue weighted by molar-refractivity contribution is -0.143. The maximum atomic E-state index is 13.5. The summed E-state index contributed by atoms with van der Waals surface area (Å²) < 4.78 is 91.9. The number of piperazine rings is 1. The summed E-state index contributed by atoms with van der Waals surface area (Å²) in [6.45, 7) is 2.74. The molecule has 0 saturated carbocycles. The molecular formula is C22H22F7N3O. The van der Waals surface area contributed by atoms with Crippen molar-refractivity contribution in [2.24, 2.45) is 0 Å². The fourth-order valence-electron chi connectivity index (χ4n) is 3.68. The molecule has 2 aromatic rings. The maximum absolute atomic E-state index is 13.5. The van der Waals surface area contributed by atoms with Gasteiger partial charge in [0.2, 0.25) is 0 Å². The zero-order valence-corrected chi connectivity index (χ0v) is 17.9. The van der Waals surface area contributed by atoms with Gasteiger partial charge in [0.1, 0.15) is 5.82 Å². The van der Waals surface area contributed by atoms with Gasteiger partial charge in [-0.2, -0.15) is 26.3 Å². The Hall–Kier alpha value is -2.98. The monoisotopic (exact) mass is 477 g/mol. The quantitative estimate of drug-likeness (QED) is 0.543. The van der Waals surface area contributed by atoms with E-state index in [0.717, 1.165) is 10.6 Å². The molecule has 0 bridgehead atoms. The number of benzene rings is 2. The second-order valence-electron chi connectivity index (χ2n) is 7.96. The van der Waals surface area contributed by atoms with Gasteiger partial charge >= 0.3 is 18.4 Å². The van der Waals surface area contributed by atoms with Crippen molar-refractivity contribution in [3.63, 3.8) is 0 Å². The number of halogens is 7. The van der Waals surface area contributed by atoms with Crippen LogP contribution in [0.3, 0.4) is 0 Å². The van der Waals surface area contributed by atoms with Crippen LogP contribution in [0.5, 0.6) is 0 Å². The second-order valence-corrected chi connectivity index (χ2v) is 7.96. The SMILES string of the molecule is Cc1cc(N2CCN(C(=O)N(C)Cc3cc(C(F)(F)F)cc(C(F)(F)F)c3)CC2)ccc1F. The highest BCUT2D eigenvalue weighted by Gasteiger charge is 2.37. The first kappa shape index (κ1) is 24.7. The summed E-state index contributed by atoms with van der Waals surface area (Å²) >= 11 is 0. The molecule has 0 unspecified atom stereocenters. The summed E-state index contributed by atoms with van der Waals surface area (Å²) in [7, 11) is 1.32. The summed E-state index contributed by atoms with van der Waals surface area (Å²) in [5.74, 6) is -0.322. The van der Waals surface area contributed by atoms with Gasteiger partial charge in [0.15, 0.2) is 0 Å². The first-order chi connectivity index (χ1) is 15.3. The first-order valence-corrected chi connectivity index (χ1v) is 10.0. The van der Waals surface area contributed by atoms with Crippen LogP contribution in [0.1, 0.15) is 22.3 Å². The van der Waals surface area contributed by atoms with Crippen LogP contribution in [0, 0.1) is 12.7 Å². The molecule has 4 nitrogen and oxygen atoms in total. The number of carbonyl (C=O) groups is 1. The maximum Gasteiger partial charge on any atom is 0.416 e. The van der Waals surface area contributed by atoms with Crippen LogP contribution in [0.2, 0.25) is 0 Å². The molecule has 2 amide bonds. The molecule has 33 heavy (non-hydrogen) atoms. The minimum Gasteiger partial charge on any atom is -0.368 e. The Bertz CT molecular complexity index is 980. The van der Waals surface area contributed by atoms with Crippen molar-refractivity contribution in [3.05, 3.63) is 64.5 Å². The van der Waals surface area contributed by atoms with Crippen molar-refractivity contribution in [2.45, 2.75) is 25.8 Å². The molecule has 1 aliphatic heterocycles. The lowest BCUT2D eigenvalue weighted by atomic mass is 10.0. The van der Waals surface area contributed by atoms with E-state index < -0.39 is 36.1 Å². The Kier molecular flexibility index (Phi) is 6.80. The van der Waals surface area contributed by atoms with Crippen LogP contribution in [0.25, 0.3) is 0 Å². The molecule has 11 heteroatoms. The number of anilines is 1. The molecule has 0 atom stereocenters. The molecule has 3 rings (SSSR count). The smallest absolute Gasteiger partial charge is 0.368 e. The van der Waals surface area contributed by atoms with E-state index in [2.05, 4.69) is 0 Å². The van der Waals surface area contributed by atoms with Gasteiger partial charge in [-0.15, -0.1) is 0 Å². The molecular weight excluding hydrogens is 455 g/mol. The van der Waals surface area contributed by atoms with E-state index in [1.807, 2.05) is 4.90 Å². The summed E-state index contributed by atoms with van der Waals surface area (Å²) in [6.07, 6.45) is -9.90. The average Bonchev–Trinajstić information content (AvgIpc) is 2.74. The Morgan fingerprint density at radius 3 is 1.94 bits per heavy atom. The van der Waals surface area contributed by atoms with Gasteiger partial charge in [-0.25, -0.2) is 9.18 Å². The predicted molar refractivity (Wildman–Crippen MR) is 108 cm³/mol. The van der Waals surface area contributed by atoms with Crippen molar-refractivity contribution in [1.29, 1.82) is 0 Å². The molecule has 0 aromatic heterocycles. The summed E-state index contributed by atoms with van der Waals surface area (Å²) in [5.41, 5.74) is -1.82. The molecule has 1 saturated heterocycles. The van der Waals surface area contributed by atoms with Gasteiger partial charge in [0, 0.05) is 45.5 Å². The van der Waals surface area contributed by atoms with Gasteiger partial charge in [-0.1, -0.05) is 0 Å². The Morgan fingerprint density at radius 1 is 0.909 bits per heavy atom. The number of aryl methyl sites for hydroxylation is 1. The van der Waals surface area contributed by atoms with Gasteiger partial charge < -0.3 is 14.7 Å². The van der Waals surface area contributed by atoms with E-state index in [-0.39, 0.29) is 17.4 Å². The summed E-state index contributed by atoms with van der Waals surface area (Å²) in [6, 6.07) is 5.49. The van der Waals surface area contributed by atoms with Crippen molar-refractivity contribution in [2.75, 3.05) is 38.1 Å². The van der Waals surface area contributed by atoms with Crippen molar-refractivity contribution < 1.29 is 35.5 Å². The molecule has 1 fully saturated rings. The highest BCUT2D eigenvalue weighted by Crippen LogP contribution is 2.36. The van der Waals surface area contributed by atoms with E-state index in [9.17, 15) is 35.5 Å². The summed E-state index contributed by atoms with van der Waals surface area (Å²) in [5, 5.41) is 0. The number of hydrogen-bond acceptors (Lipinski definition) is 2. The fraction of sp³-hybridized carbons (Fsp3) is 0.409. The molecule has 0 N–H and O–H groups in total. The van der Waals surface area contributed by atoms with E-state index in [1.54, 1.807) is 19.1 Å². The molecule has 180 valence electrons. The minimum atomic E-state index is -4.95. The molecule has 0 spiro atoms. The average molecular weight is 477 g/mol. The second kappa shape index (κ2) is 9.11. The number of hydrogen-bond donors (Lipinski definition) is 0. The minimum absolute atomic E-state index is 0.0572. The van der Waals surface area contributed by atoms with Crippen LogP contribution in [0.15, 0.2) is 36.4 Å². The molecule has 0 aliphatic carbocycles. The van der Waals surface area contributed by atoms with Gasteiger partial charge in [-0.05, 0) is 54.4 Å². The lowest BCUT2D eigenvalue weighted by Gasteiger charge is -2.38. The number of carbonyl (C=O) groups excluding carboxylic acids is 1. The Morgan fingerprint density at radius 2 is 1.45 bits per heavy atom. The fourth-order valence-corrected chi connectivity index (χ4v) is 3.68. The molecule has 1 aliphatic rings. The van der Waals surface area contributed by atoms with Gasteiger partial charge in [0.25, 0.3) is 0 Å². The number of urea groups is 1. The predicted octanol–water partition coefficient (Wildman–Crippen LogP) is 5.55. The number of amides is 2. The standard InChI is InChI=1S/C22H22F7N3O/c1-14-9-18(3-4-19(14)23)31-5-7-32(8-6-31)20(33)30(2)13-15-10-16(21(24,25)26)12-17(11-15)22(27,28)29/h3-4,9-12H,5-8,13H2,1-2H3. The Labute approximate surface area is 186 Å². The molecule has 2 aromatic carbocycles. The van der Waals surface area contributed by atoms with Gasteiger partial charge in [0.05, 0.1) is 11.1 Å². The Balaban J connectivity index is 1.68.